The number of carbonyl (C=O) groups is 1. The molecule has 40 heavy (non-hydrogen) atoms. The minimum absolute atomic E-state index is 0.121. The van der Waals surface area contributed by atoms with Crippen LogP contribution in [0.3, 0.4) is 0 Å². The van der Waals surface area contributed by atoms with Crippen LogP contribution in [0.5, 0.6) is 0 Å². The molecule has 7 nitrogen and oxygen atoms in total. The van der Waals surface area contributed by atoms with E-state index in [4.69, 9.17) is 10.00 Å². The van der Waals surface area contributed by atoms with Crippen LogP contribution in [0.25, 0.3) is 27.5 Å². The number of azo groups is 1. The number of nitriles is 1. The van der Waals surface area contributed by atoms with E-state index in [2.05, 4.69) is 80.9 Å². The number of anilines is 1. The summed E-state index contributed by atoms with van der Waals surface area (Å²) in [5, 5.41) is 20.0. The first kappa shape index (κ1) is 25.1. The molecule has 2 heterocycles. The molecule has 0 N–H and O–H groups in total. The zero-order valence-corrected chi connectivity index (χ0v) is 22.1. The van der Waals surface area contributed by atoms with E-state index in [1.54, 1.807) is 31.2 Å². The Bertz CT molecular complexity index is 1810. The average Bonchev–Trinajstić information content (AvgIpc) is 3.59. The van der Waals surface area contributed by atoms with Crippen LogP contribution in [0.2, 0.25) is 0 Å². The van der Waals surface area contributed by atoms with Gasteiger partial charge in [-0.3, -0.25) is 0 Å². The summed E-state index contributed by atoms with van der Waals surface area (Å²) < 4.78 is 7.82. The molecule has 5 aromatic rings. The number of carbonyl (C=O) groups excluding carboxylic acids is 1. The molecule has 196 valence electrons. The first-order chi connectivity index (χ1) is 19.5. The summed E-state index contributed by atoms with van der Waals surface area (Å²) in [5.74, 6) is -0.326. The van der Waals surface area contributed by atoms with Crippen molar-refractivity contribution in [3.8, 4) is 11.8 Å². The molecule has 0 spiro atoms. The number of fused-ring (bicyclic) bond motifs is 3. The number of nitrogens with zero attached hydrogens (tertiary/aromatic N) is 5. The Hall–Kier alpha value is -5.22. The van der Waals surface area contributed by atoms with Gasteiger partial charge in [-0.2, -0.15) is 15.5 Å². The van der Waals surface area contributed by atoms with Crippen LogP contribution in [-0.2, 0) is 9.53 Å². The van der Waals surface area contributed by atoms with E-state index in [0.29, 0.717) is 23.4 Å². The summed E-state index contributed by atoms with van der Waals surface area (Å²) >= 11 is 0. The van der Waals surface area contributed by atoms with Gasteiger partial charge in [0.2, 0.25) is 0 Å². The van der Waals surface area contributed by atoms with Gasteiger partial charge in [-0.05, 0) is 79.7 Å². The molecule has 1 fully saturated rings. The van der Waals surface area contributed by atoms with Crippen LogP contribution < -0.4 is 4.90 Å². The van der Waals surface area contributed by atoms with E-state index in [9.17, 15) is 4.79 Å². The molecule has 1 atom stereocenters. The number of rotatable bonds is 6. The maximum Gasteiger partial charge on any atom is 0.333 e. The lowest BCUT2D eigenvalue weighted by atomic mass is 10.1. The maximum atomic E-state index is 11.9. The van der Waals surface area contributed by atoms with Gasteiger partial charge in [0.05, 0.1) is 40.6 Å². The Morgan fingerprint density at radius 3 is 2.33 bits per heavy atom. The van der Waals surface area contributed by atoms with Gasteiger partial charge in [-0.1, -0.05) is 24.8 Å². The van der Waals surface area contributed by atoms with Crippen LogP contribution >= 0.6 is 0 Å². The zero-order valence-electron chi connectivity index (χ0n) is 22.1. The summed E-state index contributed by atoms with van der Waals surface area (Å²) in [7, 11) is 0. The lowest BCUT2D eigenvalue weighted by molar-refractivity contribution is -0.143. The van der Waals surface area contributed by atoms with Crippen molar-refractivity contribution in [2.24, 2.45) is 10.2 Å². The van der Waals surface area contributed by atoms with Gasteiger partial charge in [0.15, 0.2) is 0 Å². The third-order valence-electron chi connectivity index (χ3n) is 7.17. The van der Waals surface area contributed by atoms with Crippen LogP contribution in [0.15, 0.2) is 113 Å². The molecule has 6 rings (SSSR count). The van der Waals surface area contributed by atoms with Gasteiger partial charge in [-0.15, -0.1) is 0 Å². The van der Waals surface area contributed by atoms with Crippen molar-refractivity contribution in [2.75, 3.05) is 18.0 Å². The molecule has 0 saturated carbocycles. The molecular formula is C33H27N5O2. The van der Waals surface area contributed by atoms with E-state index < -0.39 is 0 Å². The van der Waals surface area contributed by atoms with E-state index >= 15 is 0 Å². The third kappa shape index (κ3) is 4.83. The van der Waals surface area contributed by atoms with Crippen molar-refractivity contribution in [3.05, 3.63) is 109 Å². The lowest BCUT2D eigenvalue weighted by Crippen LogP contribution is -2.24. The zero-order chi connectivity index (χ0) is 27.6. The summed E-state index contributed by atoms with van der Waals surface area (Å²) in [6.45, 7) is 6.86. The fourth-order valence-corrected chi connectivity index (χ4v) is 5.14. The molecule has 0 aliphatic carbocycles. The van der Waals surface area contributed by atoms with Crippen molar-refractivity contribution in [1.82, 2.24) is 4.57 Å². The molecule has 0 amide bonds. The maximum absolute atomic E-state index is 11.9. The topological polar surface area (TPSA) is 83.0 Å². The van der Waals surface area contributed by atoms with Crippen molar-refractivity contribution in [3.63, 3.8) is 0 Å². The van der Waals surface area contributed by atoms with Gasteiger partial charge in [0.1, 0.15) is 6.10 Å². The molecule has 4 aromatic carbocycles. The van der Waals surface area contributed by atoms with E-state index in [-0.39, 0.29) is 12.1 Å². The lowest BCUT2D eigenvalue weighted by Gasteiger charge is -2.19. The highest BCUT2D eigenvalue weighted by Gasteiger charge is 2.26. The number of aromatic nitrogens is 1. The fourth-order valence-electron chi connectivity index (χ4n) is 5.14. The second-order valence-corrected chi connectivity index (χ2v) is 9.97. The SMILES string of the molecule is C=C(C)C(=O)O[C@H]1CCN(c2ccc(-n3c4ccccc4c4cc(N=Nc5ccc(C#N)cc5)ccc43)cc2)C1. The molecular weight excluding hydrogens is 498 g/mol. The Morgan fingerprint density at radius 1 is 0.900 bits per heavy atom. The van der Waals surface area contributed by atoms with Gasteiger partial charge < -0.3 is 14.2 Å². The molecule has 1 aromatic heterocycles. The Labute approximate surface area is 232 Å². The molecule has 0 radical (unpaired) electrons. The number of esters is 1. The van der Waals surface area contributed by atoms with Gasteiger partial charge in [0.25, 0.3) is 0 Å². The van der Waals surface area contributed by atoms with Crippen molar-refractivity contribution in [1.29, 1.82) is 5.26 Å². The normalized spacial score (nSPS) is 15.1. The number of hydrogen-bond acceptors (Lipinski definition) is 6. The third-order valence-corrected chi connectivity index (χ3v) is 7.17. The summed E-state index contributed by atoms with van der Waals surface area (Å²) in [5.41, 5.74) is 6.82. The largest absolute Gasteiger partial charge is 0.457 e. The Morgan fingerprint density at radius 2 is 1.57 bits per heavy atom. The summed E-state index contributed by atoms with van der Waals surface area (Å²) in [6.07, 6.45) is 0.683. The minimum atomic E-state index is -0.326. The molecule has 0 unspecified atom stereocenters. The molecule has 0 bridgehead atoms. The van der Waals surface area contributed by atoms with Gasteiger partial charge >= 0.3 is 5.97 Å². The van der Waals surface area contributed by atoms with Gasteiger partial charge in [-0.25, -0.2) is 4.79 Å². The van der Waals surface area contributed by atoms with Crippen LogP contribution in [0.4, 0.5) is 17.1 Å². The first-order valence-corrected chi connectivity index (χ1v) is 13.2. The second-order valence-electron chi connectivity index (χ2n) is 9.97. The van der Waals surface area contributed by atoms with Crippen LogP contribution in [0.1, 0.15) is 18.9 Å². The van der Waals surface area contributed by atoms with E-state index in [1.807, 2.05) is 18.2 Å². The predicted molar refractivity (Wildman–Crippen MR) is 158 cm³/mol. The Kier molecular flexibility index (Phi) is 6.59. The second kappa shape index (κ2) is 10.5. The van der Waals surface area contributed by atoms with Crippen molar-refractivity contribution in [2.45, 2.75) is 19.4 Å². The van der Waals surface area contributed by atoms with Crippen molar-refractivity contribution < 1.29 is 9.53 Å². The van der Waals surface area contributed by atoms with Gasteiger partial charge in [0, 0.05) is 40.7 Å². The highest BCUT2D eigenvalue weighted by Crippen LogP contribution is 2.35. The highest BCUT2D eigenvalue weighted by atomic mass is 16.5. The van der Waals surface area contributed by atoms with E-state index in [1.165, 1.54) is 0 Å². The molecule has 1 saturated heterocycles. The minimum Gasteiger partial charge on any atom is -0.457 e. The molecule has 1 aliphatic rings. The predicted octanol–water partition coefficient (Wildman–Crippen LogP) is 7.77. The van der Waals surface area contributed by atoms with Crippen LogP contribution in [-0.4, -0.2) is 29.7 Å². The molecule has 1 aliphatic heterocycles. The number of para-hydroxylation sites is 1. The van der Waals surface area contributed by atoms with Crippen LogP contribution in [0, 0.1) is 11.3 Å². The summed E-state index contributed by atoms with van der Waals surface area (Å²) in [6, 6.07) is 32.1. The number of hydrogen-bond donors (Lipinski definition) is 0. The monoisotopic (exact) mass is 525 g/mol. The molecule has 7 heteroatoms. The smallest absolute Gasteiger partial charge is 0.333 e. The van der Waals surface area contributed by atoms with Crippen molar-refractivity contribution >= 4 is 44.8 Å². The summed E-state index contributed by atoms with van der Waals surface area (Å²) in [4.78, 5) is 14.2. The fraction of sp³-hybridized carbons (Fsp3) is 0.152. The average molecular weight is 526 g/mol. The number of ether oxygens (including phenoxy) is 1. The van der Waals surface area contributed by atoms with E-state index in [0.717, 1.165) is 51.8 Å². The number of benzene rings is 4. The quantitative estimate of drug-likeness (QED) is 0.129. The first-order valence-electron chi connectivity index (χ1n) is 13.2. The standard InChI is InChI=1S/C33H27N5O2/c1-22(2)33(39)40-28-17-18-37(21-28)26-12-14-27(15-13-26)38-31-6-4-3-5-29(31)30-19-25(11-16-32(30)38)36-35-24-9-7-23(20-34)8-10-24/h3-16,19,28H,1,17-18,21H2,2H3/t28-/m0/s1. The highest BCUT2D eigenvalue weighted by molar-refractivity contribution is 6.10. The Balaban J connectivity index is 1.28.